The molecule has 0 spiro atoms. The highest BCUT2D eigenvalue weighted by Gasteiger charge is 2.69. The Morgan fingerprint density at radius 2 is 1.55 bits per heavy atom. The molecular weight excluding hydrogens is 256 g/mol. The van der Waals surface area contributed by atoms with Gasteiger partial charge < -0.3 is 14.6 Å². The van der Waals surface area contributed by atoms with Gasteiger partial charge in [0, 0.05) is 0 Å². The van der Waals surface area contributed by atoms with E-state index in [2.05, 4.69) is 20.8 Å². The molecule has 0 aromatic rings. The molecule has 2 aliphatic heterocycles. The quantitative estimate of drug-likeness (QED) is 0.789. The molecule has 4 aliphatic rings. The summed E-state index contributed by atoms with van der Waals surface area (Å²) < 4.78 is 11.4. The monoisotopic (exact) mass is 280 g/mol. The molecule has 4 nitrogen and oxygen atoms in total. The summed E-state index contributed by atoms with van der Waals surface area (Å²) in [6.07, 6.45) is 4.70. The van der Waals surface area contributed by atoms with Crippen LogP contribution >= 0.6 is 0 Å². The molecule has 0 amide bonds. The first kappa shape index (κ1) is 13.1. The van der Waals surface area contributed by atoms with Crippen LogP contribution in [0.1, 0.15) is 46.5 Å². The van der Waals surface area contributed by atoms with Crippen LogP contribution in [0.5, 0.6) is 0 Å². The summed E-state index contributed by atoms with van der Waals surface area (Å²) in [6, 6.07) is 0. The standard InChI is InChI=1S/C16H24O4/c1-8-4-10-12(19-10)6-15(8,3)16(14(17)18)7-13-11(20-13)5-9(16)2/h8-13H,4-7H2,1-3H3,(H,17,18). The molecule has 8 unspecified atom stereocenters. The van der Waals surface area contributed by atoms with Crippen molar-refractivity contribution in [1.82, 2.24) is 0 Å². The van der Waals surface area contributed by atoms with Crippen LogP contribution in [-0.2, 0) is 14.3 Å². The van der Waals surface area contributed by atoms with Crippen LogP contribution in [0.2, 0.25) is 0 Å². The van der Waals surface area contributed by atoms with Crippen LogP contribution in [0, 0.1) is 22.7 Å². The first-order chi connectivity index (χ1) is 9.38. The van der Waals surface area contributed by atoms with Gasteiger partial charge in [-0.3, -0.25) is 4.79 Å². The van der Waals surface area contributed by atoms with Crippen LogP contribution < -0.4 is 0 Å². The van der Waals surface area contributed by atoms with Gasteiger partial charge in [0.25, 0.3) is 0 Å². The third kappa shape index (κ3) is 1.47. The van der Waals surface area contributed by atoms with Crippen molar-refractivity contribution in [3.05, 3.63) is 0 Å². The van der Waals surface area contributed by atoms with E-state index in [1.54, 1.807) is 0 Å². The molecule has 4 heteroatoms. The van der Waals surface area contributed by atoms with E-state index in [-0.39, 0.29) is 17.4 Å². The predicted molar refractivity (Wildman–Crippen MR) is 72.3 cm³/mol. The van der Waals surface area contributed by atoms with E-state index in [9.17, 15) is 9.90 Å². The van der Waals surface area contributed by atoms with Crippen molar-refractivity contribution in [3.8, 4) is 0 Å². The molecule has 8 atom stereocenters. The molecule has 0 aromatic heterocycles. The molecule has 0 bridgehead atoms. The lowest BCUT2D eigenvalue weighted by atomic mass is 9.47. The van der Waals surface area contributed by atoms with Crippen LogP contribution in [0.3, 0.4) is 0 Å². The van der Waals surface area contributed by atoms with E-state index >= 15 is 0 Å². The van der Waals surface area contributed by atoms with Crippen molar-refractivity contribution in [2.45, 2.75) is 70.9 Å². The van der Waals surface area contributed by atoms with Crippen molar-refractivity contribution in [2.24, 2.45) is 22.7 Å². The number of aliphatic carboxylic acids is 1. The summed E-state index contributed by atoms with van der Waals surface area (Å²) in [5.41, 5.74) is -0.839. The maximum absolute atomic E-state index is 12.3. The Balaban J connectivity index is 1.75. The maximum atomic E-state index is 12.3. The first-order valence-corrected chi connectivity index (χ1v) is 7.93. The summed E-state index contributed by atoms with van der Waals surface area (Å²) >= 11 is 0. The van der Waals surface area contributed by atoms with Gasteiger partial charge in [0.15, 0.2) is 0 Å². The minimum Gasteiger partial charge on any atom is -0.481 e. The summed E-state index contributed by atoms with van der Waals surface area (Å²) in [5.74, 6) is -0.0565. The van der Waals surface area contributed by atoms with Crippen LogP contribution in [0.4, 0.5) is 0 Å². The SMILES string of the molecule is CC1CC2OC2CC1(C)C1(C(=O)O)CC2OC2CC1C. The van der Waals surface area contributed by atoms with Gasteiger partial charge in [0.05, 0.1) is 29.8 Å². The Morgan fingerprint density at radius 1 is 1.00 bits per heavy atom. The Kier molecular flexibility index (Phi) is 2.47. The third-order valence-electron chi connectivity index (χ3n) is 7.03. The Morgan fingerprint density at radius 3 is 2.15 bits per heavy atom. The number of carboxylic acids is 1. The summed E-state index contributed by atoms with van der Waals surface area (Å²) in [4.78, 5) is 12.3. The topological polar surface area (TPSA) is 62.4 Å². The zero-order chi connectivity index (χ0) is 14.3. The minimum atomic E-state index is -0.652. The molecule has 1 N–H and O–H groups in total. The molecule has 4 fully saturated rings. The van der Waals surface area contributed by atoms with Gasteiger partial charge in [-0.2, -0.15) is 0 Å². The highest BCUT2D eigenvalue weighted by atomic mass is 16.6. The van der Waals surface area contributed by atoms with Crippen molar-refractivity contribution >= 4 is 5.97 Å². The summed E-state index contributed by atoms with van der Waals surface area (Å²) in [7, 11) is 0. The summed E-state index contributed by atoms with van der Waals surface area (Å²) in [6.45, 7) is 6.53. The van der Waals surface area contributed by atoms with Crippen LogP contribution in [0.25, 0.3) is 0 Å². The smallest absolute Gasteiger partial charge is 0.310 e. The lowest BCUT2D eigenvalue weighted by molar-refractivity contribution is -0.174. The number of carboxylic acid groups (broad SMARTS) is 1. The van der Waals surface area contributed by atoms with Crippen molar-refractivity contribution in [2.75, 3.05) is 0 Å². The zero-order valence-electron chi connectivity index (χ0n) is 12.5. The number of ether oxygens (including phenoxy) is 2. The number of fused-ring (bicyclic) bond motifs is 2. The Bertz CT molecular complexity index is 463. The van der Waals surface area contributed by atoms with E-state index in [1.807, 2.05) is 0 Å². The van der Waals surface area contributed by atoms with Crippen molar-refractivity contribution in [1.29, 1.82) is 0 Å². The molecule has 2 saturated carbocycles. The van der Waals surface area contributed by atoms with Gasteiger partial charge in [-0.25, -0.2) is 0 Å². The Hall–Kier alpha value is -0.610. The van der Waals surface area contributed by atoms with E-state index in [0.717, 1.165) is 19.3 Å². The molecule has 2 heterocycles. The van der Waals surface area contributed by atoms with E-state index in [0.29, 0.717) is 30.7 Å². The molecule has 4 rings (SSSR count). The van der Waals surface area contributed by atoms with Crippen LogP contribution in [0.15, 0.2) is 0 Å². The largest absolute Gasteiger partial charge is 0.481 e. The van der Waals surface area contributed by atoms with Crippen molar-refractivity contribution < 1.29 is 19.4 Å². The van der Waals surface area contributed by atoms with Gasteiger partial charge in [-0.15, -0.1) is 0 Å². The predicted octanol–water partition coefficient (Wildman–Crippen LogP) is 2.46. The average molecular weight is 280 g/mol. The van der Waals surface area contributed by atoms with Gasteiger partial charge in [-0.05, 0) is 42.9 Å². The Labute approximate surface area is 119 Å². The fourth-order valence-corrected chi connectivity index (χ4v) is 5.39. The highest BCUT2D eigenvalue weighted by molar-refractivity contribution is 5.77. The number of hydrogen-bond acceptors (Lipinski definition) is 3. The molecule has 0 radical (unpaired) electrons. The van der Waals surface area contributed by atoms with E-state index in [1.165, 1.54) is 0 Å². The highest BCUT2D eigenvalue weighted by Crippen LogP contribution is 2.65. The second-order valence-corrected chi connectivity index (χ2v) is 7.80. The number of hydrogen-bond donors (Lipinski definition) is 1. The average Bonchev–Trinajstić information content (AvgIpc) is 3.24. The second-order valence-electron chi connectivity index (χ2n) is 7.80. The molecule has 2 saturated heterocycles. The van der Waals surface area contributed by atoms with Crippen molar-refractivity contribution in [3.63, 3.8) is 0 Å². The molecule has 0 aromatic carbocycles. The zero-order valence-corrected chi connectivity index (χ0v) is 12.5. The van der Waals surface area contributed by atoms with E-state index < -0.39 is 11.4 Å². The fourth-order valence-electron chi connectivity index (χ4n) is 5.39. The van der Waals surface area contributed by atoms with Crippen LogP contribution in [-0.4, -0.2) is 35.5 Å². The molecule has 2 aliphatic carbocycles. The number of epoxide rings is 2. The minimum absolute atomic E-state index is 0.173. The number of rotatable bonds is 2. The lowest BCUT2D eigenvalue weighted by Crippen LogP contribution is -2.57. The van der Waals surface area contributed by atoms with Gasteiger partial charge >= 0.3 is 5.97 Å². The van der Waals surface area contributed by atoms with Gasteiger partial charge in [0.1, 0.15) is 0 Å². The first-order valence-electron chi connectivity index (χ1n) is 7.93. The molecule has 112 valence electrons. The lowest BCUT2D eigenvalue weighted by Gasteiger charge is -2.54. The second kappa shape index (κ2) is 3.77. The third-order valence-corrected chi connectivity index (χ3v) is 7.03. The molecule has 20 heavy (non-hydrogen) atoms. The fraction of sp³-hybridized carbons (Fsp3) is 0.938. The molecular formula is C16H24O4. The van der Waals surface area contributed by atoms with E-state index in [4.69, 9.17) is 9.47 Å². The normalized spacial score (nSPS) is 60.4. The maximum Gasteiger partial charge on any atom is 0.310 e. The van der Waals surface area contributed by atoms with Gasteiger partial charge in [0.2, 0.25) is 0 Å². The number of carbonyl (C=O) groups is 1. The summed E-state index contributed by atoms with van der Waals surface area (Å²) in [5, 5.41) is 10.1. The van der Waals surface area contributed by atoms with Gasteiger partial charge in [-0.1, -0.05) is 20.8 Å².